The zero-order chi connectivity index (χ0) is 26.5. The standard InChI is InChI=1S/C25H31N5O7/c1-2-3-22-27-25(28-37-22)17-8-9-18(19(10-17)30(35)36)26-11-15-4-6-16(7-5-15)12-29-13-21(32)24(34)23(33)20(29)14-31/h4-10,20-21,23-24,26,31-34H,2-3,11-14H2,1H3/t20-,21+,23-,24-/m1/s1. The molecule has 0 amide bonds. The Hall–Kier alpha value is -3.42. The fourth-order valence-electron chi connectivity index (χ4n) is 4.41. The molecule has 1 aliphatic rings. The Bertz CT molecular complexity index is 1200. The number of nitrogens with one attached hydrogen (secondary N) is 1. The molecule has 0 unspecified atom stereocenters. The Morgan fingerprint density at radius 2 is 1.86 bits per heavy atom. The molecule has 2 aromatic carbocycles. The molecule has 12 heteroatoms. The fraction of sp³-hybridized carbons (Fsp3) is 0.440. The number of benzene rings is 2. The zero-order valence-corrected chi connectivity index (χ0v) is 20.4. The molecule has 4 atom stereocenters. The highest BCUT2D eigenvalue weighted by atomic mass is 16.6. The predicted octanol–water partition coefficient (Wildman–Crippen LogP) is 1.47. The van der Waals surface area contributed by atoms with Crippen molar-refractivity contribution in [3.8, 4) is 11.4 Å². The van der Waals surface area contributed by atoms with Crippen molar-refractivity contribution in [1.82, 2.24) is 15.0 Å². The topological polar surface area (TPSA) is 178 Å². The van der Waals surface area contributed by atoms with Crippen LogP contribution in [0.1, 0.15) is 30.4 Å². The first-order chi connectivity index (χ1) is 17.8. The van der Waals surface area contributed by atoms with Crippen LogP contribution in [0.4, 0.5) is 11.4 Å². The van der Waals surface area contributed by atoms with Gasteiger partial charge in [0, 0.05) is 37.7 Å². The van der Waals surface area contributed by atoms with E-state index in [9.17, 15) is 30.5 Å². The molecule has 2 heterocycles. The Morgan fingerprint density at radius 3 is 2.54 bits per heavy atom. The molecule has 1 fully saturated rings. The molecule has 1 saturated heterocycles. The third kappa shape index (κ3) is 6.12. The Morgan fingerprint density at radius 1 is 1.14 bits per heavy atom. The summed E-state index contributed by atoms with van der Waals surface area (Å²) in [4.78, 5) is 17.3. The largest absolute Gasteiger partial charge is 0.395 e. The molecule has 12 nitrogen and oxygen atoms in total. The molecule has 4 rings (SSSR count). The van der Waals surface area contributed by atoms with Crippen molar-refractivity contribution in [3.05, 3.63) is 69.6 Å². The summed E-state index contributed by atoms with van der Waals surface area (Å²) >= 11 is 0. The van der Waals surface area contributed by atoms with Crippen molar-refractivity contribution in [1.29, 1.82) is 0 Å². The Labute approximate surface area is 213 Å². The van der Waals surface area contributed by atoms with Crippen molar-refractivity contribution in [2.45, 2.75) is 57.2 Å². The maximum absolute atomic E-state index is 11.7. The van der Waals surface area contributed by atoms with Gasteiger partial charge in [0.25, 0.3) is 5.69 Å². The average Bonchev–Trinajstić information content (AvgIpc) is 3.36. The van der Waals surface area contributed by atoms with Gasteiger partial charge in [0.15, 0.2) is 0 Å². The number of hydrogen-bond acceptors (Lipinski definition) is 11. The van der Waals surface area contributed by atoms with E-state index in [1.165, 1.54) is 6.07 Å². The van der Waals surface area contributed by atoms with Crippen molar-refractivity contribution in [2.75, 3.05) is 18.5 Å². The van der Waals surface area contributed by atoms with E-state index in [2.05, 4.69) is 15.5 Å². The lowest BCUT2D eigenvalue weighted by Gasteiger charge is -2.43. The minimum absolute atomic E-state index is 0.101. The van der Waals surface area contributed by atoms with Crippen LogP contribution >= 0.6 is 0 Å². The van der Waals surface area contributed by atoms with E-state index in [0.717, 1.165) is 17.5 Å². The van der Waals surface area contributed by atoms with Gasteiger partial charge in [-0.05, 0) is 29.7 Å². The number of β-amino-alcohol motifs (C(OH)–C–C–N with tert-alkyl or cyclic N) is 1. The summed E-state index contributed by atoms with van der Waals surface area (Å²) in [6, 6.07) is 11.5. The molecule has 0 saturated carbocycles. The van der Waals surface area contributed by atoms with Gasteiger partial charge in [-0.1, -0.05) is 36.3 Å². The minimum Gasteiger partial charge on any atom is -0.395 e. The second-order valence-electron chi connectivity index (χ2n) is 9.15. The van der Waals surface area contributed by atoms with Gasteiger partial charge in [-0.3, -0.25) is 15.0 Å². The van der Waals surface area contributed by atoms with Crippen LogP contribution in [0.2, 0.25) is 0 Å². The molecule has 37 heavy (non-hydrogen) atoms. The van der Waals surface area contributed by atoms with Crippen LogP contribution in [0, 0.1) is 10.1 Å². The van der Waals surface area contributed by atoms with E-state index in [-0.39, 0.29) is 18.8 Å². The number of rotatable bonds is 10. The van der Waals surface area contributed by atoms with Gasteiger partial charge in [-0.25, -0.2) is 0 Å². The number of nitro groups is 1. The van der Waals surface area contributed by atoms with Crippen molar-refractivity contribution in [2.24, 2.45) is 0 Å². The van der Waals surface area contributed by atoms with Crippen LogP contribution in [0.3, 0.4) is 0 Å². The fourth-order valence-corrected chi connectivity index (χ4v) is 4.41. The Kier molecular flexibility index (Phi) is 8.46. The molecular weight excluding hydrogens is 482 g/mol. The maximum Gasteiger partial charge on any atom is 0.293 e. The van der Waals surface area contributed by atoms with Crippen LogP contribution in [0.25, 0.3) is 11.4 Å². The van der Waals surface area contributed by atoms with E-state index >= 15 is 0 Å². The molecule has 5 N–H and O–H groups in total. The second kappa shape index (κ2) is 11.8. The summed E-state index contributed by atoms with van der Waals surface area (Å²) in [5.41, 5.74) is 2.52. The maximum atomic E-state index is 11.7. The quantitative estimate of drug-likeness (QED) is 0.196. The van der Waals surface area contributed by atoms with Crippen molar-refractivity contribution >= 4 is 11.4 Å². The molecule has 3 aromatic rings. The van der Waals surface area contributed by atoms with Crippen LogP contribution in [-0.4, -0.2) is 77.9 Å². The summed E-state index contributed by atoms with van der Waals surface area (Å²) in [7, 11) is 0. The first-order valence-electron chi connectivity index (χ1n) is 12.1. The molecule has 1 aromatic heterocycles. The summed E-state index contributed by atoms with van der Waals surface area (Å²) in [5, 5.41) is 58.4. The van der Waals surface area contributed by atoms with E-state index in [1.807, 2.05) is 31.2 Å². The number of piperidine rings is 1. The third-order valence-corrected chi connectivity index (χ3v) is 6.49. The summed E-state index contributed by atoms with van der Waals surface area (Å²) in [6.45, 7) is 2.47. The van der Waals surface area contributed by atoms with Gasteiger partial charge in [-0.15, -0.1) is 0 Å². The number of aryl methyl sites for hydroxylation is 1. The highest BCUT2D eigenvalue weighted by Gasteiger charge is 2.40. The van der Waals surface area contributed by atoms with Gasteiger partial charge in [0.2, 0.25) is 11.7 Å². The van der Waals surface area contributed by atoms with Crippen LogP contribution in [0.5, 0.6) is 0 Å². The second-order valence-corrected chi connectivity index (χ2v) is 9.15. The normalized spacial score (nSPS) is 22.2. The van der Waals surface area contributed by atoms with E-state index in [0.29, 0.717) is 42.5 Å². The van der Waals surface area contributed by atoms with Gasteiger partial charge in [0.1, 0.15) is 17.9 Å². The molecule has 0 bridgehead atoms. The monoisotopic (exact) mass is 513 g/mol. The predicted molar refractivity (Wildman–Crippen MR) is 133 cm³/mol. The van der Waals surface area contributed by atoms with Gasteiger partial charge < -0.3 is 30.3 Å². The highest BCUT2D eigenvalue weighted by Crippen LogP contribution is 2.30. The van der Waals surface area contributed by atoms with E-state index in [1.54, 1.807) is 17.0 Å². The number of likely N-dealkylation sites (tertiary alicyclic amines) is 1. The minimum atomic E-state index is -1.30. The molecule has 1 aliphatic heterocycles. The lowest BCUT2D eigenvalue weighted by atomic mass is 9.93. The summed E-state index contributed by atoms with van der Waals surface area (Å²) < 4.78 is 5.18. The smallest absolute Gasteiger partial charge is 0.293 e. The third-order valence-electron chi connectivity index (χ3n) is 6.49. The highest BCUT2D eigenvalue weighted by molar-refractivity contribution is 5.70. The number of anilines is 1. The van der Waals surface area contributed by atoms with E-state index < -0.39 is 29.3 Å². The van der Waals surface area contributed by atoms with Crippen molar-refractivity contribution in [3.63, 3.8) is 0 Å². The lowest BCUT2D eigenvalue weighted by Crippen LogP contribution is -2.62. The molecule has 0 radical (unpaired) electrons. The number of nitro benzene ring substituents is 1. The van der Waals surface area contributed by atoms with Crippen molar-refractivity contribution < 1.29 is 29.9 Å². The molecule has 198 valence electrons. The summed E-state index contributed by atoms with van der Waals surface area (Å²) in [6.07, 6.45) is -2.17. The molecular formula is C25H31N5O7. The van der Waals surface area contributed by atoms with Crippen LogP contribution in [-0.2, 0) is 19.5 Å². The van der Waals surface area contributed by atoms with Gasteiger partial charge >= 0.3 is 0 Å². The number of nitrogens with zero attached hydrogens (tertiary/aromatic N) is 4. The molecule has 0 spiro atoms. The Balaban J connectivity index is 1.41. The number of aliphatic hydroxyl groups is 4. The number of hydrogen-bond donors (Lipinski definition) is 5. The van der Waals surface area contributed by atoms with Gasteiger partial charge in [0.05, 0.1) is 23.7 Å². The molecule has 0 aliphatic carbocycles. The SMILES string of the molecule is CCCc1nc(-c2ccc(NCc3ccc(CN4C[C@H](O)[C@@H](O)[C@H](O)[C@H]4CO)cc3)c([N+](=O)[O-])c2)no1. The number of aliphatic hydroxyl groups excluding tert-OH is 4. The number of aromatic nitrogens is 2. The first kappa shape index (κ1) is 26.6. The van der Waals surface area contributed by atoms with Gasteiger partial charge in [-0.2, -0.15) is 4.98 Å². The average molecular weight is 514 g/mol. The summed E-state index contributed by atoms with van der Waals surface area (Å²) in [5.74, 6) is 0.795. The lowest BCUT2D eigenvalue weighted by molar-refractivity contribution is -0.383. The van der Waals surface area contributed by atoms with Crippen LogP contribution < -0.4 is 5.32 Å². The zero-order valence-electron chi connectivity index (χ0n) is 20.4. The van der Waals surface area contributed by atoms with Crippen LogP contribution in [0.15, 0.2) is 47.0 Å². The van der Waals surface area contributed by atoms with E-state index in [4.69, 9.17) is 4.52 Å². The first-order valence-corrected chi connectivity index (χ1v) is 12.1.